The van der Waals surface area contributed by atoms with Crippen LogP contribution in [0.25, 0.3) is 0 Å². The molecule has 1 aromatic carbocycles. The zero-order valence-electron chi connectivity index (χ0n) is 9.10. The van der Waals surface area contributed by atoms with E-state index in [0.29, 0.717) is 11.5 Å². The normalized spacial score (nSPS) is 14.6. The molecular weight excluding hydrogens is 231 g/mol. The van der Waals surface area contributed by atoms with Crippen LogP contribution in [0.4, 0.5) is 0 Å². The molecule has 3 nitrogen and oxygen atoms in total. The Labute approximate surface area is 94.5 Å². The lowest BCUT2D eigenvalue weighted by molar-refractivity contribution is 0.342. The molecule has 0 aliphatic carbocycles. The fraction of sp³-hybridized carbons (Fsp3) is 0.400. The van der Waals surface area contributed by atoms with Crippen molar-refractivity contribution >= 4 is 18.2 Å². The van der Waals surface area contributed by atoms with E-state index in [1.807, 2.05) is 26.0 Å². The molecule has 0 saturated carbocycles. The van der Waals surface area contributed by atoms with Crippen LogP contribution < -0.4 is 4.52 Å². The van der Waals surface area contributed by atoms with Crippen LogP contribution in [0, 0.1) is 6.92 Å². The van der Waals surface area contributed by atoms with Gasteiger partial charge in [-0.25, -0.2) is 4.57 Å². The largest absolute Gasteiger partial charge is 0.439 e. The smallest absolute Gasteiger partial charge is 0.417 e. The van der Waals surface area contributed by atoms with Crippen LogP contribution in [0.5, 0.6) is 5.75 Å². The highest BCUT2D eigenvalue weighted by Crippen LogP contribution is 2.59. The first kappa shape index (κ1) is 12.6. The summed E-state index contributed by atoms with van der Waals surface area (Å²) in [5, 5.41) is 0. The van der Waals surface area contributed by atoms with Crippen molar-refractivity contribution in [1.82, 2.24) is 0 Å². The molecule has 0 heterocycles. The van der Waals surface area contributed by atoms with Crippen molar-refractivity contribution in [1.29, 1.82) is 0 Å². The second-order valence-corrected chi connectivity index (χ2v) is 7.35. The Hall–Kier alpha value is -0.440. The summed E-state index contributed by atoms with van der Waals surface area (Å²) in [6, 6.07) is 7.40. The van der Waals surface area contributed by atoms with Crippen molar-refractivity contribution in [2.45, 2.75) is 13.8 Å². The molecule has 0 fully saturated rings. The molecule has 1 atom stereocenters. The van der Waals surface area contributed by atoms with Gasteiger partial charge < -0.3 is 4.52 Å². The van der Waals surface area contributed by atoms with Gasteiger partial charge in [0.1, 0.15) is 5.75 Å². The molecule has 0 N–H and O–H groups in total. The molecule has 0 radical (unpaired) electrons. The molecule has 1 rings (SSSR count). The Kier molecular flexibility index (Phi) is 4.71. The Morgan fingerprint density at radius 2 is 1.93 bits per heavy atom. The predicted molar refractivity (Wildman–Crippen MR) is 64.6 cm³/mol. The molecule has 0 aromatic heterocycles. The van der Waals surface area contributed by atoms with Crippen molar-refractivity contribution in [3.8, 4) is 5.75 Å². The van der Waals surface area contributed by atoms with Crippen LogP contribution in [0.2, 0.25) is 0 Å². The molecule has 0 aliphatic rings. The zero-order valence-corrected chi connectivity index (χ0v) is 10.8. The van der Waals surface area contributed by atoms with Gasteiger partial charge in [-0.3, -0.25) is 4.52 Å². The highest BCUT2D eigenvalue weighted by Gasteiger charge is 2.24. The van der Waals surface area contributed by atoms with Gasteiger partial charge in [-0.2, -0.15) is 0 Å². The maximum absolute atomic E-state index is 12.0. The Morgan fingerprint density at radius 1 is 1.33 bits per heavy atom. The molecule has 0 aliphatic heterocycles. The van der Waals surface area contributed by atoms with Crippen molar-refractivity contribution in [2.75, 3.05) is 12.9 Å². The lowest BCUT2D eigenvalue weighted by Crippen LogP contribution is -1.92. The fourth-order valence-electron chi connectivity index (χ4n) is 1.00. The Morgan fingerprint density at radius 3 is 2.40 bits per heavy atom. The molecule has 0 spiro atoms. The van der Waals surface area contributed by atoms with E-state index in [1.54, 1.807) is 12.1 Å². The lowest BCUT2D eigenvalue weighted by atomic mass is 10.2. The van der Waals surface area contributed by atoms with Crippen LogP contribution >= 0.6 is 18.2 Å². The fourth-order valence-corrected chi connectivity index (χ4v) is 3.61. The van der Waals surface area contributed by atoms with E-state index in [0.717, 1.165) is 5.56 Å². The van der Waals surface area contributed by atoms with Gasteiger partial charge in [0.15, 0.2) is 0 Å². The zero-order chi connectivity index (χ0) is 11.3. The van der Waals surface area contributed by atoms with Crippen molar-refractivity contribution < 1.29 is 13.6 Å². The van der Waals surface area contributed by atoms with Crippen LogP contribution in [0.1, 0.15) is 12.5 Å². The van der Waals surface area contributed by atoms with Gasteiger partial charge in [0.25, 0.3) is 0 Å². The van der Waals surface area contributed by atoms with Crippen molar-refractivity contribution in [3.63, 3.8) is 0 Å². The van der Waals surface area contributed by atoms with Gasteiger partial charge in [0.05, 0.1) is 0 Å². The van der Waals surface area contributed by atoms with Gasteiger partial charge in [-0.05, 0) is 30.4 Å². The van der Waals surface area contributed by atoms with E-state index >= 15 is 0 Å². The van der Waals surface area contributed by atoms with Gasteiger partial charge in [-0.1, -0.05) is 24.6 Å². The molecule has 15 heavy (non-hydrogen) atoms. The van der Waals surface area contributed by atoms with E-state index in [2.05, 4.69) is 0 Å². The van der Waals surface area contributed by atoms with E-state index in [4.69, 9.17) is 9.05 Å². The van der Waals surface area contributed by atoms with Crippen LogP contribution in [-0.4, -0.2) is 12.9 Å². The first-order chi connectivity index (χ1) is 7.09. The number of rotatable bonds is 5. The number of hydrogen-bond donors (Lipinski definition) is 0. The van der Waals surface area contributed by atoms with E-state index in [-0.39, 0.29) is 0 Å². The summed E-state index contributed by atoms with van der Waals surface area (Å²) in [5.74, 6) is 1.27. The second-order valence-electron chi connectivity index (χ2n) is 2.95. The van der Waals surface area contributed by atoms with E-state index in [1.165, 1.54) is 18.5 Å². The standard InChI is InChI=1S/C10H15O3PS/c1-4-15-14(11,12-3)13-10-7-5-9(2)6-8-10/h5-8H,4H2,1-3H3. The minimum atomic E-state index is -3.02. The molecule has 0 saturated heterocycles. The van der Waals surface area contributed by atoms with Gasteiger partial charge in [0.2, 0.25) is 0 Å². The third-order valence-electron chi connectivity index (χ3n) is 1.75. The molecule has 84 valence electrons. The van der Waals surface area contributed by atoms with E-state index < -0.39 is 6.80 Å². The third kappa shape index (κ3) is 3.90. The second kappa shape index (κ2) is 5.59. The topological polar surface area (TPSA) is 35.5 Å². The van der Waals surface area contributed by atoms with E-state index in [9.17, 15) is 4.57 Å². The van der Waals surface area contributed by atoms with Crippen LogP contribution in [0.15, 0.2) is 24.3 Å². The summed E-state index contributed by atoms with van der Waals surface area (Å²) in [5.41, 5.74) is 1.14. The Bertz CT molecular complexity index is 350. The first-order valence-corrected chi connectivity index (χ1v) is 7.79. The van der Waals surface area contributed by atoms with Gasteiger partial charge in [-0.15, -0.1) is 0 Å². The lowest BCUT2D eigenvalue weighted by Gasteiger charge is -2.15. The average Bonchev–Trinajstić information content (AvgIpc) is 2.22. The summed E-state index contributed by atoms with van der Waals surface area (Å²) in [7, 11) is 1.40. The molecule has 0 amide bonds. The highest BCUT2D eigenvalue weighted by atomic mass is 32.7. The minimum Gasteiger partial charge on any atom is -0.417 e. The molecule has 1 unspecified atom stereocenters. The number of benzene rings is 1. The van der Waals surface area contributed by atoms with Crippen LogP contribution in [-0.2, 0) is 9.09 Å². The summed E-state index contributed by atoms with van der Waals surface area (Å²) < 4.78 is 22.2. The average molecular weight is 246 g/mol. The van der Waals surface area contributed by atoms with Gasteiger partial charge in [0, 0.05) is 12.9 Å². The maximum Gasteiger partial charge on any atom is 0.439 e. The van der Waals surface area contributed by atoms with Crippen LogP contribution in [0.3, 0.4) is 0 Å². The highest BCUT2D eigenvalue weighted by molar-refractivity contribution is 8.55. The van der Waals surface area contributed by atoms with Gasteiger partial charge >= 0.3 is 6.80 Å². The minimum absolute atomic E-state index is 0.576. The Balaban J connectivity index is 2.75. The number of hydrogen-bond acceptors (Lipinski definition) is 4. The maximum atomic E-state index is 12.0. The summed E-state index contributed by atoms with van der Waals surface area (Å²) in [6.07, 6.45) is 0. The third-order valence-corrected chi connectivity index (χ3v) is 5.60. The monoisotopic (exact) mass is 246 g/mol. The number of aryl methyl sites for hydroxylation is 1. The quantitative estimate of drug-likeness (QED) is 0.738. The first-order valence-electron chi connectivity index (χ1n) is 4.66. The van der Waals surface area contributed by atoms with Crippen molar-refractivity contribution in [2.24, 2.45) is 0 Å². The summed E-state index contributed by atoms with van der Waals surface area (Å²) >= 11 is 1.19. The predicted octanol–water partition coefficient (Wildman–Crippen LogP) is 3.88. The SMILES string of the molecule is CCSP(=O)(OC)Oc1ccc(C)cc1. The van der Waals surface area contributed by atoms with Crippen molar-refractivity contribution in [3.05, 3.63) is 29.8 Å². The molecule has 1 aromatic rings. The summed E-state index contributed by atoms with van der Waals surface area (Å²) in [4.78, 5) is 0. The molecule has 5 heteroatoms. The molecule has 0 bridgehead atoms. The molecular formula is C10H15O3PS. The summed E-state index contributed by atoms with van der Waals surface area (Å²) in [6.45, 7) is 0.878.